The lowest BCUT2D eigenvalue weighted by Gasteiger charge is -2.24. The standard InChI is InChI=1S/C33H59NO3/c1-6-8-9-10-11-12-13-14-15-16-17-18-19-20-21-22-31(36)34-32-27(5)25-28(33(32)37)23-24-29(26(3)4)30(35)7-2/h7,25-27,29,32-33,37H,2,6,8-24H2,1,3-5H3,(H,34,36). The van der Waals surface area contributed by atoms with Crippen LogP contribution < -0.4 is 5.32 Å². The maximum absolute atomic E-state index is 12.5. The molecule has 0 saturated heterocycles. The fourth-order valence-electron chi connectivity index (χ4n) is 5.69. The third-order valence-corrected chi connectivity index (χ3v) is 8.21. The Bertz CT molecular complexity index is 668. The molecule has 0 heterocycles. The van der Waals surface area contributed by atoms with E-state index in [4.69, 9.17) is 0 Å². The monoisotopic (exact) mass is 517 g/mol. The molecular formula is C33H59NO3. The van der Waals surface area contributed by atoms with Crippen molar-refractivity contribution in [2.75, 3.05) is 0 Å². The Morgan fingerprint density at radius 1 is 0.919 bits per heavy atom. The van der Waals surface area contributed by atoms with Gasteiger partial charge in [-0.3, -0.25) is 9.59 Å². The zero-order valence-electron chi connectivity index (χ0n) is 24.7. The number of carbonyl (C=O) groups excluding carboxylic acids is 2. The average molecular weight is 518 g/mol. The van der Waals surface area contributed by atoms with Gasteiger partial charge < -0.3 is 10.4 Å². The molecule has 1 aliphatic rings. The van der Waals surface area contributed by atoms with E-state index in [1.807, 2.05) is 6.92 Å². The van der Waals surface area contributed by atoms with Gasteiger partial charge in [0.05, 0.1) is 12.1 Å². The number of aliphatic hydroxyl groups excluding tert-OH is 1. The molecule has 4 unspecified atom stereocenters. The fraction of sp³-hybridized carbons (Fsp3) is 0.818. The van der Waals surface area contributed by atoms with Crippen LogP contribution in [-0.4, -0.2) is 28.9 Å². The fourth-order valence-corrected chi connectivity index (χ4v) is 5.69. The van der Waals surface area contributed by atoms with Crippen molar-refractivity contribution < 1.29 is 14.7 Å². The van der Waals surface area contributed by atoms with Crippen LogP contribution in [0.2, 0.25) is 0 Å². The van der Waals surface area contributed by atoms with Crippen molar-refractivity contribution >= 4 is 11.7 Å². The van der Waals surface area contributed by atoms with Gasteiger partial charge in [0.15, 0.2) is 5.78 Å². The minimum Gasteiger partial charge on any atom is -0.387 e. The maximum atomic E-state index is 12.5. The molecule has 2 N–H and O–H groups in total. The summed E-state index contributed by atoms with van der Waals surface area (Å²) in [7, 11) is 0. The summed E-state index contributed by atoms with van der Waals surface area (Å²) in [5, 5.41) is 13.9. The van der Waals surface area contributed by atoms with E-state index in [0.717, 1.165) is 18.4 Å². The molecule has 1 rings (SSSR count). The molecule has 37 heavy (non-hydrogen) atoms. The summed E-state index contributed by atoms with van der Waals surface area (Å²) in [4.78, 5) is 24.7. The maximum Gasteiger partial charge on any atom is 0.220 e. The number of ketones is 1. The van der Waals surface area contributed by atoms with Crippen molar-refractivity contribution in [3.8, 4) is 0 Å². The Balaban J connectivity index is 2.10. The van der Waals surface area contributed by atoms with Gasteiger partial charge >= 0.3 is 0 Å². The first-order valence-electron chi connectivity index (χ1n) is 15.7. The van der Waals surface area contributed by atoms with Crippen molar-refractivity contribution in [3.63, 3.8) is 0 Å². The number of nitrogens with one attached hydrogen (secondary N) is 1. The number of carbonyl (C=O) groups is 2. The number of unbranched alkanes of at least 4 members (excludes halogenated alkanes) is 14. The van der Waals surface area contributed by atoms with Gasteiger partial charge in [-0.2, -0.15) is 0 Å². The van der Waals surface area contributed by atoms with Gasteiger partial charge in [0.2, 0.25) is 5.91 Å². The summed E-state index contributed by atoms with van der Waals surface area (Å²) in [5.41, 5.74) is 0.951. The summed E-state index contributed by atoms with van der Waals surface area (Å²) in [5.74, 6) is 0.390. The highest BCUT2D eigenvalue weighted by atomic mass is 16.3. The molecule has 0 radical (unpaired) electrons. The number of rotatable bonds is 23. The normalized spacial score (nSPS) is 20.2. The molecule has 1 amide bonds. The second-order valence-corrected chi connectivity index (χ2v) is 11.8. The van der Waals surface area contributed by atoms with E-state index in [1.165, 1.54) is 89.5 Å². The summed E-state index contributed by atoms with van der Waals surface area (Å²) in [6, 6.07) is -0.258. The molecule has 0 aromatic heterocycles. The van der Waals surface area contributed by atoms with Crippen LogP contribution in [0, 0.1) is 17.8 Å². The second kappa shape index (κ2) is 20.5. The Hall–Kier alpha value is -1.42. The van der Waals surface area contributed by atoms with Gasteiger partial charge in [0.25, 0.3) is 0 Å². The van der Waals surface area contributed by atoms with Crippen LogP contribution in [0.25, 0.3) is 0 Å². The highest BCUT2D eigenvalue weighted by Gasteiger charge is 2.34. The highest BCUT2D eigenvalue weighted by molar-refractivity contribution is 5.91. The van der Waals surface area contributed by atoms with Gasteiger partial charge in [0, 0.05) is 12.3 Å². The molecule has 0 fully saturated rings. The van der Waals surface area contributed by atoms with E-state index >= 15 is 0 Å². The second-order valence-electron chi connectivity index (χ2n) is 11.8. The van der Waals surface area contributed by atoms with E-state index in [2.05, 4.69) is 38.7 Å². The van der Waals surface area contributed by atoms with Gasteiger partial charge in [-0.1, -0.05) is 130 Å². The predicted octanol–water partition coefficient (Wildman–Crippen LogP) is 8.48. The van der Waals surface area contributed by atoms with Gasteiger partial charge in [-0.05, 0) is 42.7 Å². The summed E-state index contributed by atoms with van der Waals surface area (Å²) in [6.07, 6.45) is 24.5. The van der Waals surface area contributed by atoms with Gasteiger partial charge in [-0.25, -0.2) is 0 Å². The largest absolute Gasteiger partial charge is 0.387 e. The van der Waals surface area contributed by atoms with E-state index in [9.17, 15) is 14.7 Å². The summed E-state index contributed by atoms with van der Waals surface area (Å²) in [6.45, 7) is 12.0. The van der Waals surface area contributed by atoms with E-state index in [1.54, 1.807) is 0 Å². The molecule has 4 atom stereocenters. The number of aliphatic hydroxyl groups is 1. The van der Waals surface area contributed by atoms with Crippen molar-refractivity contribution in [3.05, 3.63) is 24.3 Å². The van der Waals surface area contributed by atoms with Crippen LogP contribution in [0.3, 0.4) is 0 Å². The zero-order chi connectivity index (χ0) is 27.5. The lowest BCUT2D eigenvalue weighted by Crippen LogP contribution is -2.44. The zero-order valence-corrected chi connectivity index (χ0v) is 24.7. The minimum atomic E-state index is -0.661. The topological polar surface area (TPSA) is 66.4 Å². The van der Waals surface area contributed by atoms with Crippen molar-refractivity contribution in [2.24, 2.45) is 17.8 Å². The quantitative estimate of drug-likeness (QED) is 0.0811. The highest BCUT2D eigenvalue weighted by Crippen LogP contribution is 2.31. The van der Waals surface area contributed by atoms with Crippen LogP contribution in [0.15, 0.2) is 24.3 Å². The first kappa shape index (κ1) is 33.6. The molecule has 214 valence electrons. The minimum absolute atomic E-state index is 0.0436. The molecule has 0 saturated carbocycles. The molecule has 0 bridgehead atoms. The smallest absolute Gasteiger partial charge is 0.220 e. The van der Waals surface area contributed by atoms with Crippen molar-refractivity contribution in [2.45, 2.75) is 155 Å². The first-order valence-corrected chi connectivity index (χ1v) is 15.7. The number of hydrogen-bond donors (Lipinski definition) is 2. The van der Waals surface area contributed by atoms with Gasteiger partial charge in [0.1, 0.15) is 0 Å². The number of allylic oxidation sites excluding steroid dienone is 1. The predicted molar refractivity (Wildman–Crippen MR) is 157 cm³/mol. The van der Waals surface area contributed by atoms with Gasteiger partial charge in [-0.15, -0.1) is 0 Å². The Morgan fingerprint density at radius 2 is 1.41 bits per heavy atom. The van der Waals surface area contributed by atoms with Crippen LogP contribution >= 0.6 is 0 Å². The Kier molecular flexibility index (Phi) is 18.6. The Morgan fingerprint density at radius 3 is 1.86 bits per heavy atom. The molecule has 0 spiro atoms. The molecule has 0 aliphatic heterocycles. The van der Waals surface area contributed by atoms with Crippen LogP contribution in [-0.2, 0) is 9.59 Å². The number of hydrogen-bond acceptors (Lipinski definition) is 3. The third-order valence-electron chi connectivity index (χ3n) is 8.21. The molecule has 0 aromatic rings. The molecular weight excluding hydrogens is 458 g/mol. The van der Waals surface area contributed by atoms with E-state index in [-0.39, 0.29) is 35.5 Å². The summed E-state index contributed by atoms with van der Waals surface area (Å²) >= 11 is 0. The first-order chi connectivity index (χ1) is 17.8. The molecule has 4 heteroatoms. The number of amides is 1. The van der Waals surface area contributed by atoms with E-state index in [0.29, 0.717) is 19.3 Å². The average Bonchev–Trinajstić information content (AvgIpc) is 3.13. The molecule has 4 nitrogen and oxygen atoms in total. The summed E-state index contributed by atoms with van der Waals surface area (Å²) < 4.78 is 0. The lowest BCUT2D eigenvalue weighted by atomic mass is 9.85. The van der Waals surface area contributed by atoms with Crippen molar-refractivity contribution in [1.29, 1.82) is 0 Å². The molecule has 0 aromatic carbocycles. The third kappa shape index (κ3) is 14.3. The molecule has 1 aliphatic carbocycles. The lowest BCUT2D eigenvalue weighted by molar-refractivity contribution is -0.122. The Labute approximate surface area is 229 Å². The van der Waals surface area contributed by atoms with Crippen LogP contribution in [0.1, 0.15) is 143 Å². The van der Waals surface area contributed by atoms with Crippen LogP contribution in [0.5, 0.6) is 0 Å². The SMILES string of the molecule is C=CC(=O)C(CCC1=CC(C)C(NC(=O)CCCCCCCCCCCCCCCCC)C1O)C(C)C. The van der Waals surface area contributed by atoms with Crippen molar-refractivity contribution in [1.82, 2.24) is 5.32 Å². The van der Waals surface area contributed by atoms with E-state index < -0.39 is 6.10 Å². The van der Waals surface area contributed by atoms with Crippen LogP contribution in [0.4, 0.5) is 0 Å².